The molecule has 0 unspecified atom stereocenters. The van der Waals surface area contributed by atoms with Gasteiger partial charge < -0.3 is 23.7 Å². The van der Waals surface area contributed by atoms with E-state index < -0.39 is 16.7 Å². The molecule has 0 amide bonds. The van der Waals surface area contributed by atoms with Crippen LogP contribution in [0.5, 0.6) is 23.0 Å². The largest absolute Gasteiger partial charge is 0.493 e. The molecule has 0 spiro atoms. The Balaban J connectivity index is 2.15. The fourth-order valence-electron chi connectivity index (χ4n) is 2.96. The summed E-state index contributed by atoms with van der Waals surface area (Å²) in [6, 6.07) is 5.16. The van der Waals surface area contributed by atoms with E-state index in [-0.39, 0.29) is 51.1 Å². The summed E-state index contributed by atoms with van der Waals surface area (Å²) < 4.78 is 25.7. The van der Waals surface area contributed by atoms with Crippen LogP contribution in [-0.2, 0) is 4.74 Å². The number of Topliss-reactive ketones (excluding diaryl/α,β-unsaturated/α-hetero) is 1. The lowest BCUT2D eigenvalue weighted by atomic mass is 9.97. The molecule has 0 aromatic heterocycles. The molecule has 2 aromatic carbocycles. The molecule has 1 aliphatic rings. The van der Waals surface area contributed by atoms with E-state index in [4.69, 9.17) is 23.7 Å². The van der Waals surface area contributed by atoms with Gasteiger partial charge in [-0.1, -0.05) is 0 Å². The van der Waals surface area contributed by atoms with Crippen molar-refractivity contribution in [2.24, 2.45) is 0 Å². The van der Waals surface area contributed by atoms with Gasteiger partial charge in [0, 0.05) is 5.56 Å². The van der Waals surface area contributed by atoms with Gasteiger partial charge >= 0.3 is 5.97 Å². The van der Waals surface area contributed by atoms with Gasteiger partial charge in [0.05, 0.1) is 50.6 Å². The van der Waals surface area contributed by atoms with Crippen LogP contribution in [0.2, 0.25) is 0 Å². The molecule has 0 fully saturated rings. The van der Waals surface area contributed by atoms with E-state index in [1.807, 2.05) is 0 Å². The highest BCUT2D eigenvalue weighted by atomic mass is 16.6. The molecule has 0 radical (unpaired) electrons. The number of carbonyl (C=O) groups is 2. The minimum atomic E-state index is -0.806. The number of fused-ring (bicyclic) bond motifs is 1. The highest BCUT2D eigenvalue weighted by Gasteiger charge is 2.33. The number of nitro groups is 1. The lowest BCUT2D eigenvalue weighted by Gasteiger charge is -2.19. The second kappa shape index (κ2) is 8.11. The van der Waals surface area contributed by atoms with Crippen LogP contribution in [0.4, 0.5) is 5.69 Å². The zero-order valence-corrected chi connectivity index (χ0v) is 16.5. The first-order chi connectivity index (χ1) is 14.3. The minimum Gasteiger partial charge on any atom is -0.493 e. The first-order valence-electron chi connectivity index (χ1n) is 8.49. The zero-order chi connectivity index (χ0) is 22.0. The summed E-state index contributed by atoms with van der Waals surface area (Å²) in [7, 11) is 5.48. The number of cyclic esters (lactones) is 1. The van der Waals surface area contributed by atoms with E-state index in [0.29, 0.717) is 0 Å². The number of methoxy groups -OCH3 is 4. The summed E-state index contributed by atoms with van der Waals surface area (Å²) >= 11 is 0. The number of benzene rings is 2. The topological polar surface area (TPSA) is 123 Å². The number of hydrogen-bond donors (Lipinski definition) is 0. The average Bonchev–Trinajstić information content (AvgIpc) is 2.75. The fraction of sp³-hybridized carbons (Fsp3) is 0.200. The summed E-state index contributed by atoms with van der Waals surface area (Å²) in [6.45, 7) is 0. The number of hydrogen-bond acceptors (Lipinski definition) is 9. The predicted molar refractivity (Wildman–Crippen MR) is 103 cm³/mol. The summed E-state index contributed by atoms with van der Waals surface area (Å²) in [6.07, 6.45) is 1.11. The third-order valence-corrected chi connectivity index (χ3v) is 4.43. The smallest absolute Gasteiger partial charge is 0.344 e. The second-order valence-corrected chi connectivity index (χ2v) is 6.00. The molecule has 0 bridgehead atoms. The molecule has 3 rings (SSSR count). The number of nitro benzene ring substituents is 1. The Morgan fingerprint density at radius 3 is 1.87 bits per heavy atom. The van der Waals surface area contributed by atoms with Gasteiger partial charge in [-0.05, 0) is 24.3 Å². The van der Waals surface area contributed by atoms with E-state index in [1.54, 1.807) is 0 Å². The Morgan fingerprint density at radius 1 is 0.833 bits per heavy atom. The molecular weight excluding hydrogens is 398 g/mol. The Labute approximate surface area is 170 Å². The van der Waals surface area contributed by atoms with Crippen LogP contribution in [-0.4, -0.2) is 45.1 Å². The SMILES string of the molecule is COc1cc(/C=C2\OC(=O)c3cc(OC)c(OC)cc3C2=O)c([N+](=O)[O-])cc1OC. The molecule has 0 aliphatic carbocycles. The summed E-state index contributed by atoms with van der Waals surface area (Å²) in [5, 5.41) is 11.5. The average molecular weight is 415 g/mol. The molecule has 0 saturated carbocycles. The van der Waals surface area contributed by atoms with Gasteiger partial charge in [0.2, 0.25) is 5.78 Å². The Bertz CT molecular complexity index is 1090. The molecule has 2 aromatic rings. The lowest BCUT2D eigenvalue weighted by Crippen LogP contribution is -2.22. The Kier molecular flexibility index (Phi) is 5.58. The maximum Gasteiger partial charge on any atom is 0.344 e. The second-order valence-electron chi connectivity index (χ2n) is 6.00. The van der Waals surface area contributed by atoms with Gasteiger partial charge in [0.1, 0.15) is 0 Å². The van der Waals surface area contributed by atoms with Crippen molar-refractivity contribution in [3.63, 3.8) is 0 Å². The minimum absolute atomic E-state index is 0.00210. The van der Waals surface area contributed by atoms with Crippen molar-refractivity contribution >= 4 is 23.5 Å². The van der Waals surface area contributed by atoms with Crippen molar-refractivity contribution < 1.29 is 38.2 Å². The van der Waals surface area contributed by atoms with Gasteiger partial charge in [0.15, 0.2) is 28.8 Å². The number of esters is 1. The van der Waals surface area contributed by atoms with Gasteiger partial charge in [-0.2, -0.15) is 0 Å². The van der Waals surface area contributed by atoms with Crippen LogP contribution in [0.25, 0.3) is 6.08 Å². The van der Waals surface area contributed by atoms with Crippen LogP contribution in [0.1, 0.15) is 26.3 Å². The number of nitrogens with zero attached hydrogens (tertiary/aromatic N) is 1. The number of ketones is 1. The van der Waals surface area contributed by atoms with Crippen molar-refractivity contribution in [2.75, 3.05) is 28.4 Å². The van der Waals surface area contributed by atoms with E-state index in [9.17, 15) is 19.7 Å². The maximum absolute atomic E-state index is 12.9. The standard InChI is InChI=1S/C20H17NO9/c1-26-14-5-10(13(21(24)25)9-17(14)29-4)6-18-19(22)11-7-15(27-2)16(28-3)8-12(11)20(23)30-18/h5-9H,1-4H3/b18-6-. The van der Waals surface area contributed by atoms with E-state index in [1.165, 1.54) is 46.6 Å². The normalized spacial score (nSPS) is 14.1. The van der Waals surface area contributed by atoms with Crippen molar-refractivity contribution in [2.45, 2.75) is 0 Å². The van der Waals surface area contributed by atoms with Gasteiger partial charge in [-0.25, -0.2) is 4.79 Å². The van der Waals surface area contributed by atoms with Gasteiger partial charge in [-0.3, -0.25) is 14.9 Å². The molecule has 10 nitrogen and oxygen atoms in total. The fourth-order valence-corrected chi connectivity index (χ4v) is 2.96. The Hall–Kier alpha value is -4.08. The van der Waals surface area contributed by atoms with Crippen molar-refractivity contribution in [3.8, 4) is 23.0 Å². The van der Waals surface area contributed by atoms with E-state index in [2.05, 4.69) is 0 Å². The molecule has 156 valence electrons. The monoisotopic (exact) mass is 415 g/mol. The van der Waals surface area contributed by atoms with Crippen molar-refractivity contribution in [3.05, 3.63) is 56.8 Å². The van der Waals surface area contributed by atoms with Crippen LogP contribution in [0.15, 0.2) is 30.0 Å². The third kappa shape index (κ3) is 3.50. The Morgan fingerprint density at radius 2 is 1.33 bits per heavy atom. The summed E-state index contributed by atoms with van der Waals surface area (Å²) in [5.74, 6) is -0.985. The first-order valence-corrected chi connectivity index (χ1v) is 8.49. The van der Waals surface area contributed by atoms with E-state index in [0.717, 1.165) is 12.1 Å². The highest BCUT2D eigenvalue weighted by Crippen LogP contribution is 2.38. The van der Waals surface area contributed by atoms with E-state index >= 15 is 0 Å². The van der Waals surface area contributed by atoms with Crippen LogP contribution >= 0.6 is 0 Å². The molecular formula is C20H17NO9. The van der Waals surface area contributed by atoms with Crippen LogP contribution in [0, 0.1) is 10.1 Å². The quantitative estimate of drug-likeness (QED) is 0.303. The summed E-state index contributed by atoms with van der Waals surface area (Å²) in [4.78, 5) is 36.2. The number of allylic oxidation sites excluding steroid dienone is 1. The van der Waals surface area contributed by atoms with Crippen LogP contribution < -0.4 is 18.9 Å². The van der Waals surface area contributed by atoms with Gasteiger partial charge in [0.25, 0.3) is 5.69 Å². The van der Waals surface area contributed by atoms with Crippen molar-refractivity contribution in [1.29, 1.82) is 0 Å². The molecule has 10 heteroatoms. The van der Waals surface area contributed by atoms with Crippen molar-refractivity contribution in [1.82, 2.24) is 0 Å². The third-order valence-electron chi connectivity index (χ3n) is 4.43. The molecule has 0 saturated heterocycles. The molecule has 30 heavy (non-hydrogen) atoms. The number of rotatable bonds is 6. The molecule has 0 N–H and O–H groups in total. The summed E-state index contributed by atoms with van der Waals surface area (Å²) in [5.41, 5.74) is -0.338. The zero-order valence-electron chi connectivity index (χ0n) is 16.5. The maximum atomic E-state index is 12.9. The van der Waals surface area contributed by atoms with Crippen LogP contribution in [0.3, 0.4) is 0 Å². The predicted octanol–water partition coefficient (Wildman–Crippen LogP) is 3.02. The number of carbonyl (C=O) groups excluding carboxylic acids is 2. The lowest BCUT2D eigenvalue weighted by molar-refractivity contribution is -0.385. The number of ether oxygens (including phenoxy) is 5. The molecule has 0 atom stereocenters. The molecule has 1 aliphatic heterocycles. The highest BCUT2D eigenvalue weighted by molar-refractivity contribution is 6.20. The van der Waals surface area contributed by atoms with Gasteiger partial charge in [-0.15, -0.1) is 0 Å². The molecule has 1 heterocycles. The first kappa shape index (κ1) is 20.6.